The smallest absolute Gasteiger partial charge is 0.235 e. The van der Waals surface area contributed by atoms with Gasteiger partial charge in [0, 0.05) is 27.1 Å². The molecule has 2 amide bonds. The van der Waals surface area contributed by atoms with Crippen molar-refractivity contribution in [2.24, 2.45) is 16.3 Å². The number of nitrogens with zero attached hydrogens (tertiary/aromatic N) is 2. The zero-order chi connectivity index (χ0) is 14.3. The quantitative estimate of drug-likeness (QED) is 0.264. The molecule has 4 N–H and O–H groups in total. The Labute approximate surface area is 107 Å². The standard InChI is InChI=1S/C11H22N4O3/c1-5-11(2,9(12)14-18)10(17)15(4)7-6-8(16)13-3/h18H,5-7H2,1-4H3,(H2,12,14)(H,13,16). The Bertz CT molecular complexity index is 343. The molecule has 0 saturated carbocycles. The highest BCUT2D eigenvalue weighted by Gasteiger charge is 2.38. The van der Waals surface area contributed by atoms with E-state index in [1.54, 1.807) is 20.9 Å². The molecule has 0 spiro atoms. The van der Waals surface area contributed by atoms with Gasteiger partial charge in [-0.1, -0.05) is 12.1 Å². The molecule has 18 heavy (non-hydrogen) atoms. The summed E-state index contributed by atoms with van der Waals surface area (Å²) in [6, 6.07) is 0. The van der Waals surface area contributed by atoms with Crippen molar-refractivity contribution in [1.29, 1.82) is 0 Å². The summed E-state index contributed by atoms with van der Waals surface area (Å²) in [6.07, 6.45) is 0.626. The molecular formula is C11H22N4O3. The van der Waals surface area contributed by atoms with Crippen LogP contribution in [0.3, 0.4) is 0 Å². The molecule has 104 valence electrons. The predicted molar refractivity (Wildman–Crippen MR) is 68.1 cm³/mol. The van der Waals surface area contributed by atoms with Crippen molar-refractivity contribution >= 4 is 17.6 Å². The van der Waals surface area contributed by atoms with Gasteiger partial charge in [-0.05, 0) is 13.3 Å². The lowest BCUT2D eigenvalue weighted by atomic mass is 9.84. The van der Waals surface area contributed by atoms with E-state index in [2.05, 4.69) is 10.5 Å². The molecule has 1 atom stereocenters. The molecule has 0 bridgehead atoms. The molecule has 0 saturated heterocycles. The van der Waals surface area contributed by atoms with Gasteiger partial charge in [-0.3, -0.25) is 9.59 Å². The summed E-state index contributed by atoms with van der Waals surface area (Å²) >= 11 is 0. The first-order chi connectivity index (χ1) is 8.33. The van der Waals surface area contributed by atoms with Crippen LogP contribution in [0.25, 0.3) is 0 Å². The number of amidine groups is 1. The minimum absolute atomic E-state index is 0.123. The largest absolute Gasteiger partial charge is 0.409 e. The van der Waals surface area contributed by atoms with Gasteiger partial charge in [-0.15, -0.1) is 0 Å². The van der Waals surface area contributed by atoms with Gasteiger partial charge in [-0.25, -0.2) is 0 Å². The Morgan fingerprint density at radius 2 is 2.06 bits per heavy atom. The highest BCUT2D eigenvalue weighted by Crippen LogP contribution is 2.24. The van der Waals surface area contributed by atoms with Crippen LogP contribution < -0.4 is 11.1 Å². The Morgan fingerprint density at radius 3 is 2.44 bits per heavy atom. The molecule has 0 aromatic rings. The second-order valence-electron chi connectivity index (χ2n) is 4.32. The van der Waals surface area contributed by atoms with E-state index in [4.69, 9.17) is 10.9 Å². The third-order valence-electron chi connectivity index (χ3n) is 3.15. The second-order valence-corrected chi connectivity index (χ2v) is 4.32. The average molecular weight is 258 g/mol. The number of nitrogens with two attached hydrogens (primary N) is 1. The van der Waals surface area contributed by atoms with Crippen molar-refractivity contribution in [3.8, 4) is 0 Å². The van der Waals surface area contributed by atoms with Gasteiger partial charge in [0.2, 0.25) is 11.8 Å². The number of hydrogen-bond donors (Lipinski definition) is 3. The fourth-order valence-corrected chi connectivity index (χ4v) is 1.47. The predicted octanol–water partition coefficient (Wildman–Crippen LogP) is -0.256. The lowest BCUT2D eigenvalue weighted by molar-refractivity contribution is -0.137. The molecule has 1 unspecified atom stereocenters. The molecule has 0 aliphatic heterocycles. The van der Waals surface area contributed by atoms with E-state index in [1.807, 2.05) is 0 Å². The van der Waals surface area contributed by atoms with Crippen LogP contribution >= 0.6 is 0 Å². The lowest BCUT2D eigenvalue weighted by Gasteiger charge is -2.30. The normalized spacial score (nSPS) is 14.8. The van der Waals surface area contributed by atoms with Gasteiger partial charge < -0.3 is 21.2 Å². The van der Waals surface area contributed by atoms with Crippen LogP contribution in [-0.2, 0) is 9.59 Å². The summed E-state index contributed by atoms with van der Waals surface area (Å²) < 4.78 is 0. The van der Waals surface area contributed by atoms with Crippen molar-refractivity contribution in [2.45, 2.75) is 26.7 Å². The molecular weight excluding hydrogens is 236 g/mol. The average Bonchev–Trinajstić information content (AvgIpc) is 2.41. The monoisotopic (exact) mass is 258 g/mol. The summed E-state index contributed by atoms with van der Waals surface area (Å²) in [5.74, 6) is -0.539. The van der Waals surface area contributed by atoms with Gasteiger partial charge in [0.05, 0.1) is 0 Å². The van der Waals surface area contributed by atoms with E-state index < -0.39 is 5.41 Å². The van der Waals surface area contributed by atoms with E-state index in [-0.39, 0.29) is 30.6 Å². The summed E-state index contributed by atoms with van der Waals surface area (Å²) in [6.45, 7) is 3.68. The zero-order valence-corrected chi connectivity index (χ0v) is 11.4. The maximum Gasteiger partial charge on any atom is 0.235 e. The summed E-state index contributed by atoms with van der Waals surface area (Å²) in [5.41, 5.74) is 4.51. The summed E-state index contributed by atoms with van der Waals surface area (Å²) in [5, 5.41) is 14.1. The number of hydrogen-bond acceptors (Lipinski definition) is 4. The highest BCUT2D eigenvalue weighted by molar-refractivity contribution is 6.06. The van der Waals surface area contributed by atoms with Gasteiger partial charge in [-0.2, -0.15) is 0 Å². The molecule has 0 fully saturated rings. The molecule has 7 nitrogen and oxygen atoms in total. The molecule has 0 radical (unpaired) electrons. The van der Waals surface area contributed by atoms with E-state index >= 15 is 0 Å². The Hall–Kier alpha value is -1.79. The molecule has 0 aromatic heterocycles. The van der Waals surface area contributed by atoms with Gasteiger partial charge in [0.25, 0.3) is 0 Å². The van der Waals surface area contributed by atoms with E-state index in [9.17, 15) is 9.59 Å². The number of oxime groups is 1. The third kappa shape index (κ3) is 3.61. The molecule has 0 rings (SSSR count). The first-order valence-corrected chi connectivity index (χ1v) is 5.77. The lowest BCUT2D eigenvalue weighted by Crippen LogP contribution is -2.48. The Kier molecular flexibility index (Phi) is 6.15. The van der Waals surface area contributed by atoms with Crippen LogP contribution in [0.4, 0.5) is 0 Å². The first-order valence-electron chi connectivity index (χ1n) is 5.77. The molecule has 7 heteroatoms. The SMILES string of the molecule is CCC(C)(C(=O)N(C)CCC(=O)NC)C(N)=NO. The first kappa shape index (κ1) is 16.2. The Morgan fingerprint density at radius 1 is 1.50 bits per heavy atom. The molecule has 0 aliphatic rings. The van der Waals surface area contributed by atoms with Crippen LogP contribution in [0.5, 0.6) is 0 Å². The topological polar surface area (TPSA) is 108 Å². The van der Waals surface area contributed by atoms with Crippen molar-refractivity contribution in [2.75, 3.05) is 20.6 Å². The van der Waals surface area contributed by atoms with Crippen LogP contribution in [0.15, 0.2) is 5.16 Å². The molecule has 0 aliphatic carbocycles. The zero-order valence-electron chi connectivity index (χ0n) is 11.4. The maximum absolute atomic E-state index is 12.2. The minimum Gasteiger partial charge on any atom is -0.409 e. The number of amides is 2. The van der Waals surface area contributed by atoms with Crippen molar-refractivity contribution in [3.63, 3.8) is 0 Å². The number of carbonyl (C=O) groups excluding carboxylic acids is 2. The van der Waals surface area contributed by atoms with E-state index in [0.717, 1.165) is 0 Å². The summed E-state index contributed by atoms with van der Waals surface area (Å²) in [4.78, 5) is 24.7. The van der Waals surface area contributed by atoms with Gasteiger partial charge in [0.1, 0.15) is 5.41 Å². The van der Waals surface area contributed by atoms with Crippen LogP contribution in [0.2, 0.25) is 0 Å². The fraction of sp³-hybridized carbons (Fsp3) is 0.727. The summed E-state index contributed by atoms with van der Waals surface area (Å²) in [7, 11) is 3.13. The van der Waals surface area contributed by atoms with Gasteiger partial charge in [0.15, 0.2) is 5.84 Å². The number of rotatable bonds is 6. The third-order valence-corrected chi connectivity index (χ3v) is 3.15. The molecule has 0 aromatic carbocycles. The van der Waals surface area contributed by atoms with E-state index in [1.165, 1.54) is 11.9 Å². The van der Waals surface area contributed by atoms with Crippen LogP contribution in [0.1, 0.15) is 26.7 Å². The highest BCUT2D eigenvalue weighted by atomic mass is 16.4. The number of nitrogens with one attached hydrogen (secondary N) is 1. The molecule has 0 heterocycles. The van der Waals surface area contributed by atoms with Crippen molar-refractivity contribution < 1.29 is 14.8 Å². The van der Waals surface area contributed by atoms with Crippen LogP contribution in [0, 0.1) is 5.41 Å². The fourth-order valence-electron chi connectivity index (χ4n) is 1.47. The van der Waals surface area contributed by atoms with Gasteiger partial charge >= 0.3 is 0 Å². The Balaban J connectivity index is 4.75. The minimum atomic E-state index is -1.05. The van der Waals surface area contributed by atoms with Crippen LogP contribution in [-0.4, -0.2) is 48.4 Å². The second kappa shape index (κ2) is 6.83. The van der Waals surface area contributed by atoms with Crippen molar-refractivity contribution in [1.82, 2.24) is 10.2 Å². The van der Waals surface area contributed by atoms with E-state index in [0.29, 0.717) is 6.42 Å². The number of carbonyl (C=O) groups is 2. The maximum atomic E-state index is 12.2. The van der Waals surface area contributed by atoms with Crippen molar-refractivity contribution in [3.05, 3.63) is 0 Å².